The van der Waals surface area contributed by atoms with Crippen LogP contribution in [0.15, 0.2) is 24.4 Å². The van der Waals surface area contributed by atoms with Gasteiger partial charge in [-0.3, -0.25) is 9.69 Å². The van der Waals surface area contributed by atoms with Crippen molar-refractivity contribution < 1.29 is 24.1 Å². The molecule has 2 aliphatic heterocycles. The minimum absolute atomic E-state index is 0.0564. The molecule has 1 aromatic heterocycles. The van der Waals surface area contributed by atoms with E-state index in [0.29, 0.717) is 62.1 Å². The highest BCUT2D eigenvalue weighted by atomic mass is 16.5. The lowest BCUT2D eigenvalue weighted by molar-refractivity contribution is 0.0290. The number of methoxy groups -OCH3 is 1. The molecule has 0 radical (unpaired) electrons. The maximum Gasteiger partial charge on any atom is 0.251 e. The van der Waals surface area contributed by atoms with Crippen molar-refractivity contribution in [3.63, 3.8) is 0 Å². The molecule has 1 fully saturated rings. The molecule has 10 heteroatoms. The molecular weight excluding hydrogens is 378 g/mol. The first-order valence-electron chi connectivity index (χ1n) is 9.62. The number of ether oxygens (including phenoxy) is 3. The molecule has 1 amide bonds. The standard InChI is InChI=1S/C19H25N5O5/c1-27-16-3-2-13-8-17(16)28-7-5-24-9-14(21-22-24)12-29-18-11-23(4-6-25)10-15(18)20-19(13)26/h2-3,8-9,15,18,25H,4-7,10-12H2,1H3,(H,20,26)/t15-,18-/m0/s1. The van der Waals surface area contributed by atoms with E-state index in [1.807, 2.05) is 6.20 Å². The number of fused-ring (bicyclic) bond motifs is 5. The summed E-state index contributed by atoms with van der Waals surface area (Å²) < 4.78 is 18.9. The number of nitrogens with zero attached hydrogens (tertiary/aromatic N) is 4. The second-order valence-corrected chi connectivity index (χ2v) is 7.10. The van der Waals surface area contributed by atoms with Crippen LogP contribution in [0.5, 0.6) is 11.5 Å². The van der Waals surface area contributed by atoms with Gasteiger partial charge < -0.3 is 24.6 Å². The van der Waals surface area contributed by atoms with Crippen LogP contribution in [0.3, 0.4) is 0 Å². The molecule has 0 unspecified atom stereocenters. The third-order valence-corrected chi connectivity index (χ3v) is 5.11. The van der Waals surface area contributed by atoms with Gasteiger partial charge in [0.05, 0.1) is 45.2 Å². The number of likely N-dealkylation sites (tertiary alicyclic amines) is 1. The van der Waals surface area contributed by atoms with Crippen LogP contribution in [0.25, 0.3) is 0 Å². The van der Waals surface area contributed by atoms with Gasteiger partial charge in [0.25, 0.3) is 5.91 Å². The average molecular weight is 403 g/mol. The number of β-amino-alcohol motifs (C(OH)–C–C–N with tert-alkyl or cyclic N) is 1. The third-order valence-electron chi connectivity index (χ3n) is 5.11. The predicted octanol–water partition coefficient (Wildman–Crippen LogP) is -0.329. The Morgan fingerprint density at radius 3 is 3.10 bits per heavy atom. The highest BCUT2D eigenvalue weighted by Gasteiger charge is 2.34. The van der Waals surface area contributed by atoms with Gasteiger partial charge in [0.2, 0.25) is 0 Å². The number of aromatic nitrogens is 3. The molecule has 156 valence electrons. The Morgan fingerprint density at radius 2 is 2.28 bits per heavy atom. The normalized spacial score (nSPS) is 22.8. The van der Waals surface area contributed by atoms with Gasteiger partial charge in [-0.05, 0) is 18.2 Å². The largest absolute Gasteiger partial charge is 0.493 e. The number of hydrogen-bond acceptors (Lipinski definition) is 8. The zero-order chi connectivity index (χ0) is 20.2. The fourth-order valence-electron chi connectivity index (χ4n) is 3.62. The van der Waals surface area contributed by atoms with Gasteiger partial charge in [-0.15, -0.1) is 5.10 Å². The van der Waals surface area contributed by atoms with E-state index >= 15 is 0 Å². The van der Waals surface area contributed by atoms with E-state index in [-0.39, 0.29) is 24.7 Å². The Hall–Kier alpha value is -2.69. The lowest BCUT2D eigenvalue weighted by Crippen LogP contribution is -2.44. The molecule has 29 heavy (non-hydrogen) atoms. The summed E-state index contributed by atoms with van der Waals surface area (Å²) in [6, 6.07) is 4.90. The average Bonchev–Trinajstić information content (AvgIpc) is 3.32. The minimum Gasteiger partial charge on any atom is -0.493 e. The Labute approximate surface area is 168 Å². The number of aliphatic hydroxyl groups excluding tert-OH is 1. The molecule has 1 saturated heterocycles. The van der Waals surface area contributed by atoms with Crippen LogP contribution >= 0.6 is 0 Å². The fourth-order valence-corrected chi connectivity index (χ4v) is 3.62. The number of benzene rings is 1. The first-order chi connectivity index (χ1) is 14.2. The summed E-state index contributed by atoms with van der Waals surface area (Å²) in [4.78, 5) is 14.9. The van der Waals surface area contributed by atoms with Crippen LogP contribution in [0, 0.1) is 0 Å². The number of rotatable bonds is 3. The Kier molecular flexibility index (Phi) is 5.93. The van der Waals surface area contributed by atoms with Crippen LogP contribution in [0.1, 0.15) is 16.1 Å². The molecule has 3 heterocycles. The molecule has 2 N–H and O–H groups in total. The van der Waals surface area contributed by atoms with Crippen LogP contribution in [0.4, 0.5) is 0 Å². The number of amides is 1. The zero-order valence-electron chi connectivity index (χ0n) is 16.3. The monoisotopic (exact) mass is 403 g/mol. The summed E-state index contributed by atoms with van der Waals surface area (Å²) >= 11 is 0. The second kappa shape index (κ2) is 8.76. The number of nitrogens with one attached hydrogen (secondary N) is 1. The van der Waals surface area contributed by atoms with Crippen molar-refractivity contribution in [1.82, 2.24) is 25.2 Å². The predicted molar refractivity (Wildman–Crippen MR) is 102 cm³/mol. The quantitative estimate of drug-likeness (QED) is 0.717. The maximum atomic E-state index is 12.9. The SMILES string of the molecule is COc1ccc2cc1OCCn1cc(nn1)CO[C@H]1CN(CCO)C[C@@H]1NC2=O. The number of aliphatic hydroxyl groups is 1. The van der Waals surface area contributed by atoms with Gasteiger partial charge in [-0.1, -0.05) is 5.21 Å². The van der Waals surface area contributed by atoms with E-state index < -0.39 is 0 Å². The van der Waals surface area contributed by atoms with Crippen molar-refractivity contribution >= 4 is 5.91 Å². The van der Waals surface area contributed by atoms with Gasteiger partial charge in [-0.2, -0.15) is 0 Å². The van der Waals surface area contributed by atoms with Crippen molar-refractivity contribution in [2.45, 2.75) is 25.3 Å². The summed E-state index contributed by atoms with van der Waals surface area (Å²) in [5.74, 6) is 0.846. The summed E-state index contributed by atoms with van der Waals surface area (Å²) in [5, 5.41) is 20.6. The van der Waals surface area contributed by atoms with E-state index in [9.17, 15) is 9.90 Å². The van der Waals surface area contributed by atoms with Crippen molar-refractivity contribution in [2.24, 2.45) is 0 Å². The van der Waals surface area contributed by atoms with Gasteiger partial charge in [-0.25, -0.2) is 4.68 Å². The Bertz CT molecular complexity index is 857. The number of carbonyl (C=O) groups excluding carboxylic acids is 1. The van der Waals surface area contributed by atoms with Gasteiger partial charge >= 0.3 is 0 Å². The molecular formula is C19H25N5O5. The molecule has 0 saturated carbocycles. The summed E-state index contributed by atoms with van der Waals surface area (Å²) in [6.07, 6.45) is 1.61. The van der Waals surface area contributed by atoms with E-state index in [1.54, 1.807) is 30.0 Å². The molecule has 1 aromatic carbocycles. The topological polar surface area (TPSA) is 111 Å². The Balaban J connectivity index is 1.61. The van der Waals surface area contributed by atoms with E-state index in [4.69, 9.17) is 14.2 Å². The van der Waals surface area contributed by atoms with E-state index in [1.165, 1.54) is 0 Å². The van der Waals surface area contributed by atoms with Crippen LogP contribution in [-0.2, 0) is 17.9 Å². The smallest absolute Gasteiger partial charge is 0.251 e. The zero-order valence-corrected chi connectivity index (χ0v) is 16.3. The van der Waals surface area contributed by atoms with Gasteiger partial charge in [0.15, 0.2) is 11.5 Å². The first kappa shape index (κ1) is 19.6. The van der Waals surface area contributed by atoms with Crippen LogP contribution in [-0.4, -0.2) is 83.0 Å². The highest BCUT2D eigenvalue weighted by molar-refractivity contribution is 5.95. The van der Waals surface area contributed by atoms with Crippen LogP contribution in [0.2, 0.25) is 0 Å². The van der Waals surface area contributed by atoms with Crippen molar-refractivity contribution in [3.8, 4) is 11.5 Å². The van der Waals surface area contributed by atoms with Gasteiger partial charge in [0.1, 0.15) is 12.3 Å². The number of carbonyl (C=O) groups is 1. The summed E-state index contributed by atoms with van der Waals surface area (Å²) in [6.45, 7) is 2.96. The molecule has 10 nitrogen and oxygen atoms in total. The van der Waals surface area contributed by atoms with Crippen LogP contribution < -0.4 is 14.8 Å². The molecule has 4 bridgehead atoms. The van der Waals surface area contributed by atoms with Gasteiger partial charge in [0, 0.05) is 25.2 Å². The highest BCUT2D eigenvalue weighted by Crippen LogP contribution is 2.28. The van der Waals surface area contributed by atoms with E-state index in [2.05, 4.69) is 20.5 Å². The van der Waals surface area contributed by atoms with Crippen molar-refractivity contribution in [2.75, 3.05) is 40.0 Å². The molecule has 2 aliphatic rings. The fraction of sp³-hybridized carbons (Fsp3) is 0.526. The van der Waals surface area contributed by atoms with Crippen molar-refractivity contribution in [3.05, 3.63) is 35.7 Å². The lowest BCUT2D eigenvalue weighted by Gasteiger charge is -2.20. The van der Waals surface area contributed by atoms with Crippen molar-refractivity contribution in [1.29, 1.82) is 0 Å². The molecule has 0 aliphatic carbocycles. The molecule has 2 aromatic rings. The minimum atomic E-state index is -0.213. The maximum absolute atomic E-state index is 12.9. The number of hydrogen-bond donors (Lipinski definition) is 2. The Morgan fingerprint density at radius 1 is 1.38 bits per heavy atom. The summed E-state index contributed by atoms with van der Waals surface area (Å²) in [7, 11) is 1.56. The molecule has 4 rings (SSSR count). The third kappa shape index (κ3) is 4.50. The molecule has 2 atom stereocenters. The first-order valence-corrected chi connectivity index (χ1v) is 9.62. The summed E-state index contributed by atoms with van der Waals surface area (Å²) in [5.41, 5.74) is 1.20. The molecule has 0 spiro atoms. The second-order valence-electron chi connectivity index (χ2n) is 7.10. The lowest BCUT2D eigenvalue weighted by atomic mass is 10.1. The van der Waals surface area contributed by atoms with E-state index in [0.717, 1.165) is 0 Å².